The van der Waals surface area contributed by atoms with Crippen LogP contribution in [0.4, 0.5) is 0 Å². The molecule has 0 amide bonds. The average Bonchev–Trinajstić information content (AvgIpc) is 2.80. The van der Waals surface area contributed by atoms with Crippen LogP contribution in [0, 0.1) is 0 Å². The topological polar surface area (TPSA) is 67.4 Å². The highest BCUT2D eigenvalue weighted by atomic mass is 32.2. The van der Waals surface area contributed by atoms with Gasteiger partial charge in [-0.3, -0.25) is 0 Å². The van der Waals surface area contributed by atoms with Gasteiger partial charge >= 0.3 is 0 Å². The number of benzene rings is 1. The maximum atomic E-state index is 12.0. The van der Waals surface area contributed by atoms with E-state index < -0.39 is 10.0 Å². The molecule has 1 fully saturated rings. The summed E-state index contributed by atoms with van der Waals surface area (Å²) in [5, 5.41) is 3.13. The van der Waals surface area contributed by atoms with Crippen molar-refractivity contribution in [3.8, 4) is 5.75 Å². The van der Waals surface area contributed by atoms with E-state index in [2.05, 4.69) is 10.0 Å². The van der Waals surface area contributed by atoms with Crippen molar-refractivity contribution >= 4 is 10.0 Å². The maximum Gasteiger partial charge on any atom is 0.216 e. The van der Waals surface area contributed by atoms with Gasteiger partial charge in [0.2, 0.25) is 10.0 Å². The Hall–Kier alpha value is -1.11. The standard InChI is InChI=1S/C12H18N2O3S/c1-17-12-4-2-3-10(7-12)9-18(15,16)14-11-5-6-13-8-11/h2-4,7,11,13-14H,5-6,8-9H2,1H3. The van der Waals surface area contributed by atoms with E-state index in [0.29, 0.717) is 12.3 Å². The molecule has 1 atom stereocenters. The van der Waals surface area contributed by atoms with Crippen molar-refractivity contribution in [2.75, 3.05) is 20.2 Å². The molecule has 18 heavy (non-hydrogen) atoms. The third kappa shape index (κ3) is 3.69. The Morgan fingerprint density at radius 3 is 3.00 bits per heavy atom. The summed E-state index contributed by atoms with van der Waals surface area (Å²) in [7, 11) is -1.72. The fourth-order valence-corrected chi connectivity index (χ4v) is 3.44. The van der Waals surface area contributed by atoms with Crippen LogP contribution in [0.1, 0.15) is 12.0 Å². The van der Waals surface area contributed by atoms with Crippen LogP contribution in [0.3, 0.4) is 0 Å². The minimum absolute atomic E-state index is 0.0132. The van der Waals surface area contributed by atoms with Gasteiger partial charge in [0.15, 0.2) is 0 Å². The molecule has 2 N–H and O–H groups in total. The van der Waals surface area contributed by atoms with Crippen LogP contribution in [0.25, 0.3) is 0 Å². The maximum absolute atomic E-state index is 12.0. The van der Waals surface area contributed by atoms with Gasteiger partial charge in [-0.25, -0.2) is 13.1 Å². The van der Waals surface area contributed by atoms with E-state index in [0.717, 1.165) is 18.5 Å². The van der Waals surface area contributed by atoms with Gasteiger partial charge < -0.3 is 10.1 Å². The zero-order chi connectivity index (χ0) is 13.0. The van der Waals surface area contributed by atoms with Crippen LogP contribution in [-0.4, -0.2) is 34.7 Å². The first-order valence-corrected chi connectivity index (χ1v) is 7.58. The summed E-state index contributed by atoms with van der Waals surface area (Å²) in [6.07, 6.45) is 0.845. The molecule has 1 aliphatic heterocycles. The molecule has 100 valence electrons. The number of sulfonamides is 1. The van der Waals surface area contributed by atoms with Gasteiger partial charge in [0.05, 0.1) is 12.9 Å². The molecule has 5 nitrogen and oxygen atoms in total. The lowest BCUT2D eigenvalue weighted by atomic mass is 10.2. The van der Waals surface area contributed by atoms with Crippen molar-refractivity contribution in [2.45, 2.75) is 18.2 Å². The molecule has 0 aromatic heterocycles. The number of rotatable bonds is 5. The van der Waals surface area contributed by atoms with Gasteiger partial charge in [-0.15, -0.1) is 0 Å². The highest BCUT2D eigenvalue weighted by Crippen LogP contribution is 2.15. The largest absolute Gasteiger partial charge is 0.497 e. The Balaban J connectivity index is 2.02. The van der Waals surface area contributed by atoms with Crippen LogP contribution in [0.15, 0.2) is 24.3 Å². The molecule has 1 unspecified atom stereocenters. The van der Waals surface area contributed by atoms with E-state index in [4.69, 9.17) is 4.74 Å². The minimum Gasteiger partial charge on any atom is -0.497 e. The molecular weight excluding hydrogens is 252 g/mol. The Kier molecular flexibility index (Phi) is 4.21. The van der Waals surface area contributed by atoms with Crippen LogP contribution in [0.5, 0.6) is 5.75 Å². The number of nitrogens with one attached hydrogen (secondary N) is 2. The molecular formula is C12H18N2O3S. The Morgan fingerprint density at radius 2 is 2.33 bits per heavy atom. The molecule has 1 aromatic carbocycles. The van der Waals surface area contributed by atoms with Gasteiger partial charge in [-0.05, 0) is 30.7 Å². The lowest BCUT2D eigenvalue weighted by Crippen LogP contribution is -2.36. The van der Waals surface area contributed by atoms with Gasteiger partial charge in [0.25, 0.3) is 0 Å². The zero-order valence-electron chi connectivity index (χ0n) is 10.3. The first-order valence-electron chi connectivity index (χ1n) is 5.93. The number of ether oxygens (including phenoxy) is 1. The first-order chi connectivity index (χ1) is 8.59. The van der Waals surface area contributed by atoms with Gasteiger partial charge in [0, 0.05) is 12.6 Å². The van der Waals surface area contributed by atoms with Gasteiger partial charge in [-0.2, -0.15) is 0 Å². The smallest absolute Gasteiger partial charge is 0.216 e. The van der Waals surface area contributed by atoms with Crippen molar-refractivity contribution < 1.29 is 13.2 Å². The zero-order valence-corrected chi connectivity index (χ0v) is 11.2. The highest BCUT2D eigenvalue weighted by molar-refractivity contribution is 7.88. The predicted octanol–water partition coefficient (Wildman–Crippen LogP) is 0.476. The van der Waals surface area contributed by atoms with Gasteiger partial charge in [0.1, 0.15) is 5.75 Å². The number of hydrogen-bond donors (Lipinski definition) is 2. The second-order valence-corrected chi connectivity index (χ2v) is 6.17. The van der Waals surface area contributed by atoms with E-state index in [-0.39, 0.29) is 11.8 Å². The monoisotopic (exact) mass is 270 g/mol. The second kappa shape index (κ2) is 5.69. The molecule has 2 rings (SSSR count). The summed E-state index contributed by atoms with van der Waals surface area (Å²) in [6, 6.07) is 7.13. The minimum atomic E-state index is -3.29. The molecule has 0 saturated carbocycles. The van der Waals surface area contributed by atoms with Crippen molar-refractivity contribution in [3.05, 3.63) is 29.8 Å². The Morgan fingerprint density at radius 1 is 1.50 bits per heavy atom. The van der Waals surface area contributed by atoms with Crippen LogP contribution < -0.4 is 14.8 Å². The van der Waals surface area contributed by atoms with Crippen LogP contribution in [-0.2, 0) is 15.8 Å². The van der Waals surface area contributed by atoms with E-state index in [1.807, 2.05) is 0 Å². The van der Waals surface area contributed by atoms with Crippen molar-refractivity contribution in [1.82, 2.24) is 10.0 Å². The van der Waals surface area contributed by atoms with E-state index in [9.17, 15) is 8.42 Å². The number of hydrogen-bond acceptors (Lipinski definition) is 4. The summed E-state index contributed by atoms with van der Waals surface area (Å²) in [5.74, 6) is 0.658. The molecule has 1 saturated heterocycles. The summed E-state index contributed by atoms with van der Waals surface area (Å²) < 4.78 is 31.7. The first kappa shape index (κ1) is 13.3. The SMILES string of the molecule is COc1cccc(CS(=O)(=O)NC2CCNC2)c1. The molecule has 1 aliphatic rings. The average molecular weight is 270 g/mol. The fourth-order valence-electron chi connectivity index (χ4n) is 2.03. The highest BCUT2D eigenvalue weighted by Gasteiger charge is 2.21. The lowest BCUT2D eigenvalue weighted by molar-refractivity contribution is 0.414. The van der Waals surface area contributed by atoms with Crippen LogP contribution >= 0.6 is 0 Å². The van der Waals surface area contributed by atoms with Gasteiger partial charge in [-0.1, -0.05) is 12.1 Å². The van der Waals surface area contributed by atoms with Crippen molar-refractivity contribution in [2.24, 2.45) is 0 Å². The number of methoxy groups -OCH3 is 1. The lowest BCUT2D eigenvalue weighted by Gasteiger charge is -2.12. The summed E-state index contributed by atoms with van der Waals surface area (Å²) in [4.78, 5) is 0. The third-order valence-corrected chi connectivity index (χ3v) is 4.30. The third-order valence-electron chi connectivity index (χ3n) is 2.90. The summed E-state index contributed by atoms with van der Waals surface area (Å²) in [6.45, 7) is 1.57. The molecule has 0 spiro atoms. The van der Waals surface area contributed by atoms with E-state index in [1.54, 1.807) is 31.4 Å². The molecule has 1 heterocycles. The summed E-state index contributed by atoms with van der Waals surface area (Å²) >= 11 is 0. The van der Waals surface area contributed by atoms with E-state index in [1.165, 1.54) is 0 Å². The molecule has 0 aliphatic carbocycles. The molecule has 0 bridgehead atoms. The normalized spacial score (nSPS) is 19.9. The van der Waals surface area contributed by atoms with E-state index >= 15 is 0 Å². The quantitative estimate of drug-likeness (QED) is 0.816. The predicted molar refractivity (Wildman–Crippen MR) is 70.0 cm³/mol. The summed E-state index contributed by atoms with van der Waals surface area (Å²) in [5.41, 5.74) is 0.729. The van der Waals surface area contributed by atoms with Crippen molar-refractivity contribution in [1.29, 1.82) is 0 Å². The second-order valence-electron chi connectivity index (χ2n) is 4.42. The molecule has 0 radical (unpaired) electrons. The Labute approximate surface area is 108 Å². The van der Waals surface area contributed by atoms with Crippen molar-refractivity contribution in [3.63, 3.8) is 0 Å². The molecule has 6 heteroatoms. The molecule has 1 aromatic rings. The Bertz CT molecular complexity index is 496. The fraction of sp³-hybridized carbons (Fsp3) is 0.500. The van der Waals surface area contributed by atoms with Crippen LogP contribution in [0.2, 0.25) is 0 Å².